The van der Waals surface area contributed by atoms with Crippen LogP contribution in [0.4, 0.5) is 11.4 Å². The Hall–Kier alpha value is -3.73. The summed E-state index contributed by atoms with van der Waals surface area (Å²) in [4.78, 5) is 13.7. The maximum Gasteiger partial charge on any atom is 0.335 e. The van der Waals surface area contributed by atoms with Crippen LogP contribution >= 0.6 is 11.6 Å². The number of carboxylic acid groups (broad SMARTS) is 1. The molecule has 0 bridgehead atoms. The quantitative estimate of drug-likeness (QED) is 0.269. The van der Waals surface area contributed by atoms with Crippen LogP contribution in [0.25, 0.3) is 10.9 Å². The molecular weight excluding hydrogens is 468 g/mol. The molecule has 33 heavy (non-hydrogen) atoms. The molecule has 0 saturated carbocycles. The van der Waals surface area contributed by atoms with Crippen molar-refractivity contribution in [2.24, 2.45) is 10.2 Å². The van der Waals surface area contributed by atoms with E-state index >= 15 is 0 Å². The molecule has 0 aliphatic rings. The predicted molar refractivity (Wildman–Crippen MR) is 123 cm³/mol. The fourth-order valence-corrected chi connectivity index (χ4v) is 4.32. The summed E-state index contributed by atoms with van der Waals surface area (Å²) in [5.74, 6) is -1.35. The van der Waals surface area contributed by atoms with Gasteiger partial charge in [0.15, 0.2) is 5.69 Å². The highest BCUT2D eigenvalue weighted by atomic mass is 35.5. The average molecular weight is 485 g/mol. The van der Waals surface area contributed by atoms with Crippen molar-refractivity contribution >= 4 is 49.9 Å². The Morgan fingerprint density at radius 3 is 2.45 bits per heavy atom. The lowest BCUT2D eigenvalue weighted by atomic mass is 10.2. The molecular formula is C22H17ClN4O5S. The van der Waals surface area contributed by atoms with Gasteiger partial charge in [0.05, 0.1) is 21.7 Å². The van der Waals surface area contributed by atoms with Gasteiger partial charge < -0.3 is 15.2 Å². The Bertz CT molecular complexity index is 1480. The summed E-state index contributed by atoms with van der Waals surface area (Å²) < 4.78 is 28.1. The van der Waals surface area contributed by atoms with Gasteiger partial charge in [-0.2, -0.15) is 5.11 Å². The minimum Gasteiger partial charge on any atom is -0.493 e. The second kappa shape index (κ2) is 9.02. The number of fused-ring (bicyclic) bond motifs is 1. The van der Waals surface area contributed by atoms with Crippen LogP contribution in [0.2, 0.25) is 5.02 Å². The fraction of sp³-hybridized carbons (Fsp3) is 0.0455. The molecule has 168 valence electrons. The smallest absolute Gasteiger partial charge is 0.335 e. The topological polar surface area (TPSA) is 144 Å². The third-order valence-electron chi connectivity index (χ3n) is 4.82. The van der Waals surface area contributed by atoms with E-state index < -0.39 is 16.0 Å². The van der Waals surface area contributed by atoms with Crippen LogP contribution in [-0.2, 0) is 16.6 Å². The van der Waals surface area contributed by atoms with Crippen molar-refractivity contribution < 1.29 is 23.4 Å². The van der Waals surface area contributed by atoms with Crippen LogP contribution in [-0.4, -0.2) is 29.6 Å². The zero-order valence-corrected chi connectivity index (χ0v) is 18.4. The van der Waals surface area contributed by atoms with E-state index in [4.69, 9.17) is 16.7 Å². The first-order valence-corrected chi connectivity index (χ1v) is 11.4. The molecule has 0 unspecified atom stereocenters. The number of carboxylic acids is 1. The number of rotatable bonds is 7. The van der Waals surface area contributed by atoms with Crippen LogP contribution in [0.1, 0.15) is 15.9 Å². The monoisotopic (exact) mass is 484 g/mol. The third-order valence-corrected chi connectivity index (χ3v) is 6.59. The number of H-pyrrole nitrogens is 1. The number of nitrogens with one attached hydrogen (secondary N) is 2. The van der Waals surface area contributed by atoms with E-state index in [1.54, 1.807) is 24.3 Å². The van der Waals surface area contributed by atoms with Gasteiger partial charge in [0.2, 0.25) is 15.9 Å². The number of hydrogen-bond acceptors (Lipinski definition) is 6. The zero-order valence-electron chi connectivity index (χ0n) is 16.9. The Labute approximate surface area is 193 Å². The first kappa shape index (κ1) is 22.5. The summed E-state index contributed by atoms with van der Waals surface area (Å²) in [6, 6.07) is 16.9. The van der Waals surface area contributed by atoms with Gasteiger partial charge in [0, 0.05) is 17.0 Å². The molecule has 0 atom stereocenters. The molecule has 0 aliphatic heterocycles. The lowest BCUT2D eigenvalue weighted by Crippen LogP contribution is -2.23. The first-order chi connectivity index (χ1) is 15.7. The second-order valence-corrected chi connectivity index (χ2v) is 9.17. The normalized spacial score (nSPS) is 11.9. The highest BCUT2D eigenvalue weighted by molar-refractivity contribution is 7.89. The first-order valence-electron chi connectivity index (χ1n) is 9.57. The van der Waals surface area contributed by atoms with E-state index in [-0.39, 0.29) is 28.6 Å². The number of aromatic carboxylic acids is 1. The molecule has 9 nitrogen and oxygen atoms in total. The van der Waals surface area contributed by atoms with Crippen LogP contribution in [0, 0.1) is 0 Å². The number of hydrogen-bond donors (Lipinski definition) is 4. The van der Waals surface area contributed by atoms with Crippen molar-refractivity contribution in [3.63, 3.8) is 0 Å². The van der Waals surface area contributed by atoms with E-state index in [9.17, 15) is 18.3 Å². The summed E-state index contributed by atoms with van der Waals surface area (Å²) in [6.07, 6.45) is 0. The van der Waals surface area contributed by atoms with Crippen molar-refractivity contribution in [2.45, 2.75) is 11.4 Å². The molecule has 1 heterocycles. The highest BCUT2D eigenvalue weighted by Crippen LogP contribution is 2.37. The fourth-order valence-electron chi connectivity index (χ4n) is 3.09. The molecule has 4 N–H and O–H groups in total. The van der Waals surface area contributed by atoms with Crippen LogP contribution in [0.5, 0.6) is 5.88 Å². The number of aromatic hydroxyl groups is 1. The van der Waals surface area contributed by atoms with Crippen molar-refractivity contribution in [3.8, 4) is 5.88 Å². The molecule has 0 amide bonds. The number of halogens is 1. The van der Waals surface area contributed by atoms with Gasteiger partial charge in [0.1, 0.15) is 0 Å². The highest BCUT2D eigenvalue weighted by Gasteiger charge is 2.18. The van der Waals surface area contributed by atoms with Gasteiger partial charge in [-0.1, -0.05) is 29.8 Å². The van der Waals surface area contributed by atoms with Gasteiger partial charge >= 0.3 is 5.97 Å². The molecule has 0 fully saturated rings. The lowest BCUT2D eigenvalue weighted by Gasteiger charge is -2.08. The largest absolute Gasteiger partial charge is 0.493 e. The number of carbonyl (C=O) groups is 1. The van der Waals surface area contributed by atoms with Gasteiger partial charge in [-0.25, -0.2) is 17.9 Å². The molecule has 4 rings (SSSR count). The van der Waals surface area contributed by atoms with Crippen molar-refractivity contribution in [3.05, 3.63) is 82.9 Å². The molecule has 0 spiro atoms. The molecule has 11 heteroatoms. The maximum absolute atomic E-state index is 12.8. The van der Waals surface area contributed by atoms with E-state index in [1.165, 1.54) is 42.5 Å². The van der Waals surface area contributed by atoms with Crippen LogP contribution in [0.3, 0.4) is 0 Å². The van der Waals surface area contributed by atoms with E-state index in [2.05, 4.69) is 19.9 Å². The number of sulfonamides is 1. The lowest BCUT2D eigenvalue weighted by molar-refractivity contribution is 0.0697. The van der Waals surface area contributed by atoms with Gasteiger partial charge in [0.25, 0.3) is 0 Å². The summed E-state index contributed by atoms with van der Waals surface area (Å²) in [7, 11) is -3.89. The minimum atomic E-state index is -3.89. The molecule has 0 saturated heterocycles. The average Bonchev–Trinajstić information content (AvgIpc) is 3.11. The van der Waals surface area contributed by atoms with E-state index in [0.717, 1.165) is 0 Å². The Morgan fingerprint density at radius 2 is 1.76 bits per heavy atom. The molecule has 3 aromatic carbocycles. The second-order valence-electron chi connectivity index (χ2n) is 7.00. The molecule has 0 aliphatic carbocycles. The van der Waals surface area contributed by atoms with Gasteiger partial charge in [-0.3, -0.25) is 0 Å². The van der Waals surface area contributed by atoms with Crippen molar-refractivity contribution in [2.75, 3.05) is 0 Å². The maximum atomic E-state index is 12.8. The molecule has 0 radical (unpaired) electrons. The zero-order chi connectivity index (χ0) is 23.6. The number of aromatic amines is 1. The summed E-state index contributed by atoms with van der Waals surface area (Å²) in [5.41, 5.74) is 1.61. The minimum absolute atomic E-state index is 0.0112. The van der Waals surface area contributed by atoms with Gasteiger partial charge in [-0.15, -0.1) is 5.11 Å². The number of aromatic nitrogens is 1. The molecule has 4 aromatic rings. The third kappa shape index (κ3) is 4.87. The summed E-state index contributed by atoms with van der Waals surface area (Å²) in [5, 5.41) is 28.0. The Kier molecular flexibility index (Phi) is 6.14. The standard InChI is InChI=1S/C22H17ClN4O5S/c23-18-4-2-1-3-14(18)12-24-33(31,32)16-9-10-19-17(11-16)20(21(28)25-19)27-26-15-7-5-13(6-8-15)22(29)30/h1-11,24-25,28H,12H2,(H,29,30). The van der Waals surface area contributed by atoms with E-state index in [0.29, 0.717) is 27.2 Å². The van der Waals surface area contributed by atoms with E-state index in [1.807, 2.05) is 0 Å². The summed E-state index contributed by atoms with van der Waals surface area (Å²) in [6.45, 7) is 0.0112. The number of azo groups is 1. The predicted octanol–water partition coefficient (Wildman–Crippen LogP) is 5.12. The molecule has 1 aromatic heterocycles. The van der Waals surface area contributed by atoms with Crippen LogP contribution in [0.15, 0.2) is 81.9 Å². The summed E-state index contributed by atoms with van der Waals surface area (Å²) >= 11 is 6.09. The van der Waals surface area contributed by atoms with Crippen molar-refractivity contribution in [1.82, 2.24) is 9.71 Å². The van der Waals surface area contributed by atoms with Crippen molar-refractivity contribution in [1.29, 1.82) is 0 Å². The SMILES string of the molecule is O=C(O)c1ccc(N=Nc2c(O)[nH]c3ccc(S(=O)(=O)NCc4ccccc4Cl)cc23)cc1. The van der Waals surface area contributed by atoms with Crippen LogP contribution < -0.4 is 4.72 Å². The Morgan fingerprint density at radius 1 is 1.03 bits per heavy atom. The van der Waals surface area contributed by atoms with Gasteiger partial charge in [-0.05, 0) is 54.1 Å². The number of benzene rings is 3. The number of nitrogens with zero attached hydrogens (tertiary/aromatic N) is 2. The Balaban J connectivity index is 1.62.